The number of aromatic amines is 1. The van der Waals surface area contributed by atoms with Crippen molar-refractivity contribution in [2.45, 2.75) is 48.1 Å². The predicted molar refractivity (Wildman–Crippen MR) is 169 cm³/mol. The number of hydrogen-bond acceptors (Lipinski definition) is 12. The van der Waals surface area contributed by atoms with E-state index in [-0.39, 0.29) is 47.6 Å². The molecule has 2 heterocycles. The van der Waals surface area contributed by atoms with Crippen LogP contribution in [-0.2, 0) is 29.7 Å². The molecule has 0 atom stereocenters. The van der Waals surface area contributed by atoms with Gasteiger partial charge in [-0.05, 0) is 0 Å². The highest BCUT2D eigenvalue weighted by Gasteiger charge is 2.28. The van der Waals surface area contributed by atoms with Gasteiger partial charge in [0.2, 0.25) is 12.5 Å². The normalized spacial score (nSPS) is 12.6. The molecule has 0 fully saturated rings. The SMILES string of the molecule is [C-]#[N+]CCN(CCn1cnc2c(=O)[nH]c(N)nc21)CCP(=O)(OCCSC(=O)C(C)(C)C)OCCSC(=O)C(C)(C)C. The molecular formula is C26H42N7O6PS2. The maximum Gasteiger partial charge on any atom is 0.332 e. The lowest BCUT2D eigenvalue weighted by Crippen LogP contribution is -2.33. The number of fused-ring (bicyclic) bond motifs is 1. The van der Waals surface area contributed by atoms with Crippen LogP contribution in [0, 0.1) is 17.4 Å². The van der Waals surface area contributed by atoms with Gasteiger partial charge in [-0.1, -0.05) is 65.1 Å². The fourth-order valence-electron chi connectivity index (χ4n) is 3.40. The van der Waals surface area contributed by atoms with E-state index >= 15 is 0 Å². The van der Waals surface area contributed by atoms with Crippen LogP contribution in [0.25, 0.3) is 16.0 Å². The van der Waals surface area contributed by atoms with Crippen molar-refractivity contribution in [1.29, 1.82) is 0 Å². The monoisotopic (exact) mass is 643 g/mol. The Morgan fingerprint density at radius 3 is 2.17 bits per heavy atom. The lowest BCUT2D eigenvalue weighted by atomic mass is 9.99. The average molecular weight is 644 g/mol. The summed E-state index contributed by atoms with van der Waals surface area (Å²) in [6.45, 7) is 20.1. The van der Waals surface area contributed by atoms with Crippen LogP contribution < -0.4 is 11.3 Å². The summed E-state index contributed by atoms with van der Waals surface area (Å²) in [5.74, 6) is 0.634. The summed E-state index contributed by atoms with van der Waals surface area (Å²) >= 11 is 2.25. The van der Waals surface area contributed by atoms with Crippen LogP contribution in [0.3, 0.4) is 0 Å². The van der Waals surface area contributed by atoms with E-state index < -0.39 is 24.0 Å². The van der Waals surface area contributed by atoms with Gasteiger partial charge in [-0.2, -0.15) is 4.98 Å². The summed E-state index contributed by atoms with van der Waals surface area (Å²) in [5.41, 5.74) is 4.79. The highest BCUT2D eigenvalue weighted by atomic mass is 32.2. The summed E-state index contributed by atoms with van der Waals surface area (Å²) in [6, 6.07) is 0. The van der Waals surface area contributed by atoms with Crippen molar-refractivity contribution in [2.24, 2.45) is 10.8 Å². The molecule has 0 unspecified atom stereocenters. The molecule has 2 rings (SSSR count). The van der Waals surface area contributed by atoms with Crippen LogP contribution in [0.15, 0.2) is 11.1 Å². The summed E-state index contributed by atoms with van der Waals surface area (Å²) in [6.07, 6.45) is 1.56. The summed E-state index contributed by atoms with van der Waals surface area (Å²) in [7, 11) is -3.60. The van der Waals surface area contributed by atoms with Gasteiger partial charge < -0.3 is 24.2 Å². The molecule has 2 aromatic heterocycles. The van der Waals surface area contributed by atoms with Gasteiger partial charge in [0, 0.05) is 42.0 Å². The zero-order valence-corrected chi connectivity index (χ0v) is 27.7. The first kappa shape index (κ1) is 36.0. The Hall–Kier alpha value is -2.21. The summed E-state index contributed by atoms with van der Waals surface area (Å²) in [5, 5.41) is 0.0176. The molecule has 13 nitrogen and oxygen atoms in total. The number of rotatable bonds is 16. The van der Waals surface area contributed by atoms with Gasteiger partial charge in [0.15, 0.2) is 21.4 Å². The Kier molecular flexibility index (Phi) is 13.7. The molecule has 0 aliphatic heterocycles. The molecule has 0 aliphatic carbocycles. The van der Waals surface area contributed by atoms with E-state index in [9.17, 15) is 18.9 Å². The Balaban J connectivity index is 2.06. The lowest BCUT2D eigenvalue weighted by molar-refractivity contribution is -0.118. The smallest absolute Gasteiger partial charge is 0.332 e. The van der Waals surface area contributed by atoms with Crippen molar-refractivity contribution in [1.82, 2.24) is 24.4 Å². The van der Waals surface area contributed by atoms with E-state index in [0.717, 1.165) is 23.5 Å². The van der Waals surface area contributed by atoms with E-state index in [4.69, 9.17) is 21.4 Å². The second-order valence-electron chi connectivity index (χ2n) is 11.6. The third-order valence-electron chi connectivity index (χ3n) is 5.80. The number of carbonyl (C=O) groups excluding carboxylic acids is 2. The third kappa shape index (κ3) is 11.8. The van der Waals surface area contributed by atoms with Crippen LogP contribution in [0.1, 0.15) is 41.5 Å². The number of nitrogen functional groups attached to an aromatic ring is 1. The Labute approximate surface area is 255 Å². The maximum atomic E-state index is 13.8. The fourth-order valence-corrected chi connectivity index (χ4v) is 6.81. The minimum Gasteiger partial charge on any atom is -0.369 e. The van der Waals surface area contributed by atoms with Crippen LogP contribution in [0.5, 0.6) is 0 Å². The number of aromatic nitrogens is 4. The second-order valence-corrected chi connectivity index (χ2v) is 15.9. The maximum absolute atomic E-state index is 13.8. The number of anilines is 1. The molecule has 0 bridgehead atoms. The molecule has 3 N–H and O–H groups in total. The predicted octanol–water partition coefficient (Wildman–Crippen LogP) is 3.76. The molecule has 0 spiro atoms. The Morgan fingerprint density at radius 1 is 1.07 bits per heavy atom. The number of nitrogens with two attached hydrogens (primary N) is 1. The highest BCUT2D eigenvalue weighted by molar-refractivity contribution is 8.14. The van der Waals surface area contributed by atoms with Gasteiger partial charge in [0.25, 0.3) is 5.56 Å². The number of H-pyrrole nitrogens is 1. The van der Waals surface area contributed by atoms with Crippen molar-refractivity contribution < 1.29 is 23.2 Å². The van der Waals surface area contributed by atoms with E-state index in [1.807, 2.05) is 46.4 Å². The minimum atomic E-state index is -3.60. The lowest BCUT2D eigenvalue weighted by Gasteiger charge is -2.24. The fraction of sp³-hybridized carbons (Fsp3) is 0.692. The Bertz CT molecular complexity index is 1320. The van der Waals surface area contributed by atoms with Gasteiger partial charge >= 0.3 is 7.60 Å². The quantitative estimate of drug-likeness (QED) is 0.155. The van der Waals surface area contributed by atoms with Crippen LogP contribution >= 0.6 is 31.1 Å². The number of hydrogen-bond donors (Lipinski definition) is 2. The summed E-state index contributed by atoms with van der Waals surface area (Å²) < 4.78 is 27.0. The number of nitrogens with one attached hydrogen (secondary N) is 1. The van der Waals surface area contributed by atoms with Crippen LogP contribution in [0.4, 0.5) is 5.95 Å². The van der Waals surface area contributed by atoms with Crippen molar-refractivity contribution in [3.63, 3.8) is 0 Å². The van der Waals surface area contributed by atoms with Crippen LogP contribution in [-0.4, -0.2) is 91.7 Å². The molecular weight excluding hydrogens is 601 g/mol. The van der Waals surface area contributed by atoms with Crippen LogP contribution in [0.2, 0.25) is 0 Å². The van der Waals surface area contributed by atoms with Crippen molar-refractivity contribution >= 4 is 58.5 Å². The molecule has 16 heteroatoms. The molecule has 0 amide bonds. The van der Waals surface area contributed by atoms with E-state index in [1.165, 1.54) is 6.33 Å². The van der Waals surface area contributed by atoms with Crippen molar-refractivity contribution in [2.75, 3.05) is 62.8 Å². The van der Waals surface area contributed by atoms with Gasteiger partial charge in [-0.25, -0.2) is 11.6 Å². The van der Waals surface area contributed by atoms with Gasteiger partial charge in [0.05, 0.1) is 32.2 Å². The average Bonchev–Trinajstić information content (AvgIpc) is 3.30. The topological polar surface area (TPSA) is 167 Å². The van der Waals surface area contributed by atoms with Gasteiger partial charge in [-0.15, -0.1) is 0 Å². The molecule has 0 aliphatic rings. The largest absolute Gasteiger partial charge is 0.369 e. The number of carbonyl (C=O) groups is 2. The van der Waals surface area contributed by atoms with E-state index in [1.54, 1.807) is 4.57 Å². The molecule has 234 valence electrons. The highest BCUT2D eigenvalue weighted by Crippen LogP contribution is 2.48. The number of thioether (sulfide) groups is 2. The molecule has 2 aromatic rings. The first-order chi connectivity index (χ1) is 19.6. The Morgan fingerprint density at radius 2 is 1.64 bits per heavy atom. The molecule has 0 saturated carbocycles. The molecule has 0 saturated heterocycles. The second kappa shape index (κ2) is 16.0. The number of nitrogens with zero attached hydrogens (tertiary/aromatic N) is 5. The zero-order chi connectivity index (χ0) is 31.6. The van der Waals surface area contributed by atoms with Gasteiger partial charge in [0.1, 0.15) is 0 Å². The van der Waals surface area contributed by atoms with Crippen molar-refractivity contribution in [3.8, 4) is 0 Å². The molecule has 0 radical (unpaired) electrons. The van der Waals surface area contributed by atoms with Gasteiger partial charge in [-0.3, -0.25) is 28.8 Å². The van der Waals surface area contributed by atoms with E-state index in [2.05, 4.69) is 19.8 Å². The summed E-state index contributed by atoms with van der Waals surface area (Å²) in [4.78, 5) is 52.7. The molecule has 0 aromatic carbocycles. The van der Waals surface area contributed by atoms with E-state index in [0.29, 0.717) is 43.3 Å². The van der Waals surface area contributed by atoms with Crippen molar-refractivity contribution in [3.05, 3.63) is 28.1 Å². The standard InChI is InChI=1S/C26H42N7O6PS2/c1-25(2,3)22(35)41-16-13-38-40(37,39-14-17-42-23(36)26(4,5)6)15-12-32(9-8-28-7)10-11-33-18-29-19-20(33)30-24(27)31-21(19)34/h18H,8-17H2,1-6H3,(H3,27,30,31,34). The first-order valence-electron chi connectivity index (χ1n) is 13.5. The zero-order valence-electron chi connectivity index (χ0n) is 25.2. The molecule has 42 heavy (non-hydrogen) atoms. The number of imidazole rings is 1. The minimum absolute atomic E-state index is 0.00882. The first-order valence-corrected chi connectivity index (χ1v) is 17.2. The third-order valence-corrected chi connectivity index (χ3v) is 10.2.